The highest BCUT2D eigenvalue weighted by Gasteiger charge is 2.60. The van der Waals surface area contributed by atoms with Crippen LogP contribution in [0.15, 0.2) is 42.1 Å². The molecule has 2 aromatic carbocycles. The quantitative estimate of drug-likeness (QED) is 0.281. The highest BCUT2D eigenvalue weighted by Crippen LogP contribution is 2.51. The van der Waals surface area contributed by atoms with Crippen molar-refractivity contribution < 1.29 is 38.7 Å². The zero-order valence-corrected chi connectivity index (χ0v) is 24.3. The van der Waals surface area contributed by atoms with E-state index in [0.717, 1.165) is 78.9 Å². The first kappa shape index (κ1) is 27.5. The predicted octanol–water partition coefficient (Wildman–Crippen LogP) is 2.09. The number of aliphatic carboxylic acids is 1. The van der Waals surface area contributed by atoms with E-state index in [4.69, 9.17) is 0 Å². The molecule has 2 aromatic rings. The lowest BCUT2D eigenvalue weighted by molar-refractivity contribution is -1.09. The van der Waals surface area contributed by atoms with Crippen LogP contribution in [0.5, 0.6) is 0 Å². The molecule has 4 fully saturated rings. The first-order valence-electron chi connectivity index (χ1n) is 15.2. The van der Waals surface area contributed by atoms with Crippen molar-refractivity contribution in [2.45, 2.75) is 39.0 Å². The molecule has 0 spiro atoms. The molecule has 0 saturated carbocycles. The van der Waals surface area contributed by atoms with Gasteiger partial charge in [-0.15, -0.1) is 0 Å². The molecule has 1 amide bonds. The fourth-order valence-electron chi connectivity index (χ4n) is 8.65. The van der Waals surface area contributed by atoms with Crippen LogP contribution >= 0.6 is 0 Å². The van der Waals surface area contributed by atoms with Crippen molar-refractivity contribution in [2.24, 2.45) is 11.8 Å². The number of carbonyl (C=O) groups excluding carboxylic acids is 2. The lowest BCUT2D eigenvalue weighted by Gasteiger charge is -2.55. The number of carboxylic acid groups (broad SMARTS) is 1. The molecular formula is C33H39N3O6+2. The van der Waals surface area contributed by atoms with Crippen molar-refractivity contribution >= 4 is 23.2 Å². The van der Waals surface area contributed by atoms with Crippen molar-refractivity contribution in [1.82, 2.24) is 4.90 Å². The second-order valence-corrected chi connectivity index (χ2v) is 13.3. The van der Waals surface area contributed by atoms with Gasteiger partial charge in [0.05, 0.1) is 24.6 Å². The van der Waals surface area contributed by atoms with Crippen molar-refractivity contribution in [1.29, 1.82) is 0 Å². The summed E-state index contributed by atoms with van der Waals surface area (Å²) < 4.78 is 2.21. The van der Waals surface area contributed by atoms with Crippen molar-refractivity contribution in [3.63, 3.8) is 0 Å². The highest BCUT2D eigenvalue weighted by molar-refractivity contribution is 6.22. The second-order valence-electron chi connectivity index (χ2n) is 13.3. The molecule has 9 nitrogen and oxygen atoms in total. The number of carbonyl (C=O) groups is 3. The molecule has 8 rings (SSSR count). The van der Waals surface area contributed by atoms with Crippen LogP contribution in [-0.2, 0) is 16.1 Å². The summed E-state index contributed by atoms with van der Waals surface area (Å²) in [7, 11) is 0. The Morgan fingerprint density at radius 1 is 0.952 bits per heavy atom. The first-order chi connectivity index (χ1) is 20.1. The van der Waals surface area contributed by atoms with Crippen molar-refractivity contribution in [2.75, 3.05) is 52.4 Å². The fourth-order valence-corrected chi connectivity index (χ4v) is 8.65. The minimum atomic E-state index is -1.18. The van der Waals surface area contributed by atoms with Crippen LogP contribution in [0.4, 0.5) is 0 Å². The number of nitrogens with zero attached hydrogens (tertiary/aromatic N) is 3. The van der Waals surface area contributed by atoms with Gasteiger partial charge in [0.15, 0.2) is 5.78 Å². The Morgan fingerprint density at radius 3 is 2.26 bits per heavy atom. The van der Waals surface area contributed by atoms with Crippen LogP contribution in [0.3, 0.4) is 0 Å². The van der Waals surface area contributed by atoms with Crippen LogP contribution in [-0.4, -0.2) is 111 Å². The van der Waals surface area contributed by atoms with Crippen LogP contribution in [0.2, 0.25) is 0 Å². The lowest BCUT2D eigenvalue weighted by atomic mass is 9.76. The third kappa shape index (κ3) is 3.87. The van der Waals surface area contributed by atoms with E-state index in [0.29, 0.717) is 22.3 Å². The highest BCUT2D eigenvalue weighted by atomic mass is 16.4. The second kappa shape index (κ2) is 9.57. The molecule has 4 atom stereocenters. The van der Waals surface area contributed by atoms with Gasteiger partial charge < -0.3 is 29.2 Å². The minimum absolute atomic E-state index is 0.0458. The number of rotatable bonds is 8. The number of aliphatic hydroxyl groups is 2. The molecule has 0 unspecified atom stereocenters. The number of hydrogen-bond donors (Lipinski definition) is 3. The van der Waals surface area contributed by atoms with E-state index in [1.54, 1.807) is 13.0 Å². The number of fused-ring (bicyclic) bond motifs is 7. The number of ketones is 1. The molecule has 9 heteroatoms. The largest absolute Gasteiger partial charge is 0.477 e. The van der Waals surface area contributed by atoms with Gasteiger partial charge in [0.2, 0.25) is 5.91 Å². The normalized spacial score (nSPS) is 31.6. The van der Waals surface area contributed by atoms with E-state index in [1.165, 1.54) is 10.5 Å². The van der Waals surface area contributed by atoms with Crippen LogP contribution < -0.4 is 0 Å². The zero-order chi connectivity index (χ0) is 29.6. The Hall–Kier alpha value is -3.37. The lowest BCUT2D eigenvalue weighted by Crippen LogP contribution is -2.74. The van der Waals surface area contributed by atoms with Gasteiger partial charge in [-0.05, 0) is 47.4 Å². The molecule has 220 valence electrons. The number of quaternary nitrogens is 2. The Labute approximate surface area is 245 Å². The van der Waals surface area contributed by atoms with E-state index >= 15 is 0 Å². The van der Waals surface area contributed by atoms with Crippen LogP contribution in [0, 0.1) is 11.8 Å². The Kier molecular flexibility index (Phi) is 6.26. The van der Waals surface area contributed by atoms with Gasteiger partial charge in [-0.3, -0.25) is 9.59 Å². The number of benzene rings is 2. The van der Waals surface area contributed by atoms with Gasteiger partial charge in [0.1, 0.15) is 51.5 Å². The van der Waals surface area contributed by atoms with E-state index in [2.05, 4.69) is 12.1 Å². The molecule has 0 radical (unpaired) electrons. The van der Waals surface area contributed by atoms with Gasteiger partial charge in [-0.1, -0.05) is 25.1 Å². The maximum atomic E-state index is 13.6. The molecule has 5 aliphatic heterocycles. The van der Waals surface area contributed by atoms with Gasteiger partial charge in [-0.25, -0.2) is 4.79 Å². The molecule has 42 heavy (non-hydrogen) atoms. The Balaban J connectivity index is 1.17. The fraction of sp³-hybridized carbons (Fsp3) is 0.485. The predicted molar refractivity (Wildman–Crippen MR) is 155 cm³/mol. The summed E-state index contributed by atoms with van der Waals surface area (Å²) in [6, 6.07) is 11.4. The standard InChI is InChI=1S/C33H38N3O6/c1-19-27(30(33(41)42)34-29(19)28(20(2)38)32(34)40)22-5-7-23-25-16-21(4-6-24(25)31(39)26(23)17-22)18-36-12-9-35(10-13-36,11-14-36)8-3-15-37/h4-7,16-17,19-20,28-29,37-38H,3,8-15,18H2,1-2H3/q+1/p+1/t19-,20+,28+,29+,35?,36?/m0/s1. The van der Waals surface area contributed by atoms with E-state index in [9.17, 15) is 29.7 Å². The van der Waals surface area contributed by atoms with Crippen molar-refractivity contribution in [3.05, 3.63) is 64.3 Å². The number of β-lactam (4-membered cyclic amide) rings is 1. The monoisotopic (exact) mass is 573 g/mol. The SMILES string of the molecule is C[C@@H](O)[C@H]1C(=O)N2C(C(=O)O)=C(c3ccc4c(c3)C(=O)c3ccc(C[N+]56CC[N+](CCCO)(CC5)CC6)cc3-4)[C@H](C)[C@H]12. The average Bonchev–Trinajstić information content (AvgIpc) is 3.40. The van der Waals surface area contributed by atoms with E-state index < -0.39 is 24.0 Å². The number of piperazine rings is 3. The summed E-state index contributed by atoms with van der Waals surface area (Å²) in [5, 5.41) is 29.6. The Morgan fingerprint density at radius 2 is 1.62 bits per heavy atom. The number of hydrogen-bond acceptors (Lipinski definition) is 5. The molecule has 3 N–H and O–H groups in total. The van der Waals surface area contributed by atoms with Crippen molar-refractivity contribution in [3.8, 4) is 11.1 Å². The molecular weight excluding hydrogens is 534 g/mol. The van der Waals surface area contributed by atoms with E-state index in [-0.39, 0.29) is 29.9 Å². The third-order valence-corrected chi connectivity index (χ3v) is 11.0. The topological polar surface area (TPSA) is 115 Å². The molecule has 0 aromatic heterocycles. The van der Waals surface area contributed by atoms with E-state index in [1.807, 2.05) is 25.1 Å². The number of aliphatic hydroxyl groups excluding tert-OH is 2. The number of carboxylic acids is 1. The summed E-state index contributed by atoms with van der Waals surface area (Å²) in [4.78, 5) is 40.0. The summed E-state index contributed by atoms with van der Waals surface area (Å²) in [6.45, 7) is 12.6. The average molecular weight is 574 g/mol. The minimum Gasteiger partial charge on any atom is -0.477 e. The maximum Gasteiger partial charge on any atom is 0.352 e. The summed E-state index contributed by atoms with van der Waals surface area (Å²) in [6.07, 6.45) is 0.00166. The zero-order valence-electron chi connectivity index (χ0n) is 24.3. The van der Waals surface area contributed by atoms with Gasteiger partial charge >= 0.3 is 5.97 Å². The van der Waals surface area contributed by atoms with Crippen LogP contribution in [0.25, 0.3) is 16.7 Å². The van der Waals surface area contributed by atoms with Gasteiger partial charge in [0, 0.05) is 35.6 Å². The molecule has 5 heterocycles. The maximum absolute atomic E-state index is 13.6. The first-order valence-corrected chi connectivity index (χ1v) is 15.2. The van der Waals surface area contributed by atoms with Gasteiger partial charge in [0.25, 0.3) is 0 Å². The van der Waals surface area contributed by atoms with Crippen LogP contribution in [0.1, 0.15) is 47.3 Å². The summed E-state index contributed by atoms with van der Waals surface area (Å²) >= 11 is 0. The number of amides is 1. The summed E-state index contributed by atoms with van der Waals surface area (Å²) in [5.74, 6) is -2.53. The Bertz CT molecular complexity index is 1540. The molecule has 1 aliphatic carbocycles. The third-order valence-electron chi connectivity index (χ3n) is 11.0. The molecule has 4 saturated heterocycles. The smallest absolute Gasteiger partial charge is 0.352 e. The summed E-state index contributed by atoms with van der Waals surface area (Å²) in [5.41, 5.74) is 5.37. The molecule has 6 aliphatic rings. The van der Waals surface area contributed by atoms with Gasteiger partial charge in [-0.2, -0.15) is 0 Å². The molecule has 2 bridgehead atoms.